The fourth-order valence-electron chi connectivity index (χ4n) is 2.46. The smallest absolute Gasteiger partial charge is 0.316 e. The number of esters is 1. The number of aromatic hydroxyl groups is 1. The molecule has 0 bridgehead atoms. The van der Waals surface area contributed by atoms with Gasteiger partial charge in [0.05, 0.1) is 12.0 Å². The van der Waals surface area contributed by atoms with Crippen molar-refractivity contribution in [1.82, 2.24) is 15.2 Å². The summed E-state index contributed by atoms with van der Waals surface area (Å²) in [5, 5.41) is 21.3. The van der Waals surface area contributed by atoms with E-state index in [4.69, 9.17) is 4.74 Å². The monoisotopic (exact) mass is 423 g/mol. The summed E-state index contributed by atoms with van der Waals surface area (Å²) in [5.74, 6) is 0.215. The van der Waals surface area contributed by atoms with Crippen molar-refractivity contribution in [2.75, 3.05) is 11.2 Å². The molecule has 0 saturated heterocycles. The Morgan fingerprint density at radius 1 is 1.27 bits per heavy atom. The van der Waals surface area contributed by atoms with Crippen molar-refractivity contribution in [3.05, 3.63) is 77.9 Å². The van der Waals surface area contributed by atoms with E-state index in [0.717, 1.165) is 22.9 Å². The average Bonchev–Trinajstić information content (AvgIpc) is 3.22. The number of hydrogen-bond donors (Lipinski definition) is 3. The Labute approximate surface area is 178 Å². The van der Waals surface area contributed by atoms with E-state index >= 15 is 0 Å². The number of benzene rings is 2. The number of allylic oxidation sites excluding steroid dienone is 1. The molecule has 0 saturated carbocycles. The van der Waals surface area contributed by atoms with Gasteiger partial charge in [-0.3, -0.25) is 4.79 Å². The summed E-state index contributed by atoms with van der Waals surface area (Å²) >= 11 is 1.15. The second-order valence-corrected chi connectivity index (χ2v) is 7.06. The van der Waals surface area contributed by atoms with E-state index in [1.807, 2.05) is 42.5 Å². The molecule has 3 aromatic rings. The number of hydrogen-bond acceptors (Lipinski definition) is 8. The van der Waals surface area contributed by atoms with Gasteiger partial charge in [0, 0.05) is 5.56 Å². The number of para-hydroxylation sites is 1. The largest absolute Gasteiger partial charge is 0.507 e. The molecule has 0 spiro atoms. The molecule has 9 heteroatoms. The number of nitrogens with zero attached hydrogens (tertiary/aromatic N) is 3. The maximum Gasteiger partial charge on any atom is 0.316 e. The number of nitrogens with one attached hydrogen (secondary N) is 2. The van der Waals surface area contributed by atoms with Gasteiger partial charge in [-0.25, -0.2) is 10.5 Å². The number of phenols is 1. The van der Waals surface area contributed by atoms with Gasteiger partial charge in [0.15, 0.2) is 0 Å². The third-order valence-corrected chi connectivity index (χ3v) is 4.74. The summed E-state index contributed by atoms with van der Waals surface area (Å²) in [4.78, 5) is 16.0. The molecule has 30 heavy (non-hydrogen) atoms. The minimum absolute atomic E-state index is 0.0946. The molecule has 0 aliphatic heterocycles. The predicted molar refractivity (Wildman–Crippen MR) is 117 cm³/mol. The third-order valence-electron chi connectivity index (χ3n) is 3.92. The lowest BCUT2D eigenvalue weighted by atomic mass is 10.1. The van der Waals surface area contributed by atoms with Crippen LogP contribution in [0.15, 0.2) is 71.4 Å². The van der Waals surface area contributed by atoms with Gasteiger partial charge >= 0.3 is 5.97 Å². The predicted octanol–water partition coefficient (Wildman–Crippen LogP) is 3.52. The van der Waals surface area contributed by atoms with Gasteiger partial charge in [0.2, 0.25) is 11.1 Å². The van der Waals surface area contributed by atoms with Crippen LogP contribution >= 0.6 is 11.8 Å². The number of rotatable bonds is 10. The van der Waals surface area contributed by atoms with Gasteiger partial charge in [-0.15, -0.1) is 11.7 Å². The van der Waals surface area contributed by atoms with E-state index in [2.05, 4.69) is 32.3 Å². The summed E-state index contributed by atoms with van der Waals surface area (Å²) in [6, 6.07) is 14.9. The maximum atomic E-state index is 11.9. The van der Waals surface area contributed by atoms with Gasteiger partial charge < -0.3 is 9.84 Å². The van der Waals surface area contributed by atoms with Crippen LogP contribution in [0.4, 0.5) is 5.95 Å². The first-order valence-corrected chi connectivity index (χ1v) is 10.1. The van der Waals surface area contributed by atoms with E-state index in [1.165, 1.54) is 6.21 Å². The summed E-state index contributed by atoms with van der Waals surface area (Å²) < 4.78 is 5.21. The Kier molecular flexibility index (Phi) is 7.62. The zero-order valence-corrected chi connectivity index (χ0v) is 16.9. The summed E-state index contributed by atoms with van der Waals surface area (Å²) in [6.45, 7) is 3.91. The Bertz CT molecular complexity index is 1020. The topological polar surface area (TPSA) is 112 Å². The Hall–Kier alpha value is -3.59. The Balaban J connectivity index is 1.46. The SMILES string of the molecule is C=CCc1cccc(/C=N\Nc2nc(SCC(=O)OCc3ccccc3)n[nH]2)c1O. The normalized spacial score (nSPS) is 10.8. The molecule has 3 rings (SSSR count). The molecule has 0 aliphatic carbocycles. The minimum atomic E-state index is -0.351. The summed E-state index contributed by atoms with van der Waals surface area (Å²) in [6.07, 6.45) is 3.77. The molecule has 0 radical (unpaired) electrons. The van der Waals surface area contributed by atoms with E-state index in [1.54, 1.807) is 12.1 Å². The van der Waals surface area contributed by atoms with Crippen molar-refractivity contribution in [1.29, 1.82) is 0 Å². The number of phenolic OH excluding ortho intramolecular Hbond substituents is 1. The molecule has 2 aromatic carbocycles. The zero-order chi connectivity index (χ0) is 21.2. The van der Waals surface area contributed by atoms with Crippen LogP contribution in [0.2, 0.25) is 0 Å². The molecule has 0 atom stereocenters. The highest BCUT2D eigenvalue weighted by Crippen LogP contribution is 2.21. The van der Waals surface area contributed by atoms with E-state index in [9.17, 15) is 9.90 Å². The zero-order valence-electron chi connectivity index (χ0n) is 16.1. The standard InChI is InChI=1S/C21H21N5O3S/c1-2-7-16-10-6-11-17(19(16)28)12-22-24-20-23-21(26-25-20)30-14-18(27)29-13-15-8-4-3-5-9-15/h2-6,8-12,28H,1,7,13-14H2,(H2,23,24,25,26)/b22-12-. The first-order chi connectivity index (χ1) is 14.7. The number of anilines is 1. The number of carbonyl (C=O) groups is 1. The van der Waals surface area contributed by atoms with Crippen LogP contribution in [0, 0.1) is 0 Å². The van der Waals surface area contributed by atoms with Crippen LogP contribution in [0.1, 0.15) is 16.7 Å². The van der Waals surface area contributed by atoms with E-state index in [-0.39, 0.29) is 24.1 Å². The number of H-pyrrole nitrogens is 1. The van der Waals surface area contributed by atoms with Gasteiger partial charge in [-0.05, 0) is 23.6 Å². The fraction of sp³-hybridized carbons (Fsp3) is 0.143. The highest BCUT2D eigenvalue weighted by atomic mass is 32.2. The van der Waals surface area contributed by atoms with Crippen molar-refractivity contribution >= 4 is 29.9 Å². The van der Waals surface area contributed by atoms with Crippen molar-refractivity contribution in [2.45, 2.75) is 18.2 Å². The lowest BCUT2D eigenvalue weighted by molar-refractivity contribution is -0.141. The molecular formula is C21H21N5O3S. The van der Waals surface area contributed by atoms with Crippen molar-refractivity contribution in [3.8, 4) is 5.75 Å². The summed E-state index contributed by atoms with van der Waals surface area (Å²) in [5.41, 5.74) is 4.97. The lowest BCUT2D eigenvalue weighted by Crippen LogP contribution is -2.07. The molecule has 8 nitrogen and oxygen atoms in total. The first kappa shape index (κ1) is 21.1. The van der Waals surface area contributed by atoms with Crippen molar-refractivity contribution < 1.29 is 14.6 Å². The fourth-order valence-corrected chi connectivity index (χ4v) is 3.06. The third kappa shape index (κ3) is 6.21. The van der Waals surface area contributed by atoms with Gasteiger partial charge in [-0.1, -0.05) is 60.3 Å². The average molecular weight is 423 g/mol. The molecule has 0 fully saturated rings. The molecule has 0 amide bonds. The van der Waals surface area contributed by atoms with Crippen LogP contribution in [-0.2, 0) is 22.6 Å². The van der Waals surface area contributed by atoms with Gasteiger partial charge in [-0.2, -0.15) is 10.1 Å². The number of ether oxygens (including phenoxy) is 1. The van der Waals surface area contributed by atoms with Crippen LogP contribution < -0.4 is 5.43 Å². The van der Waals surface area contributed by atoms with E-state index in [0.29, 0.717) is 23.1 Å². The molecular weight excluding hydrogens is 402 g/mol. The molecule has 154 valence electrons. The summed E-state index contributed by atoms with van der Waals surface area (Å²) in [7, 11) is 0. The molecule has 0 aliphatic rings. The Morgan fingerprint density at radius 3 is 2.90 bits per heavy atom. The quantitative estimate of drug-likeness (QED) is 0.150. The van der Waals surface area contributed by atoms with Crippen molar-refractivity contribution in [2.24, 2.45) is 5.10 Å². The number of thioether (sulfide) groups is 1. The van der Waals surface area contributed by atoms with Crippen LogP contribution in [0.5, 0.6) is 5.75 Å². The highest BCUT2D eigenvalue weighted by Gasteiger charge is 2.09. The first-order valence-electron chi connectivity index (χ1n) is 9.11. The van der Waals surface area contributed by atoms with Crippen LogP contribution in [-0.4, -0.2) is 38.2 Å². The van der Waals surface area contributed by atoms with Crippen LogP contribution in [0.3, 0.4) is 0 Å². The molecule has 1 aromatic heterocycles. The maximum absolute atomic E-state index is 11.9. The molecule has 3 N–H and O–H groups in total. The lowest BCUT2D eigenvalue weighted by Gasteiger charge is -2.04. The minimum Gasteiger partial charge on any atom is -0.507 e. The second-order valence-electron chi connectivity index (χ2n) is 6.12. The van der Waals surface area contributed by atoms with Crippen LogP contribution in [0.25, 0.3) is 0 Å². The number of aromatic amines is 1. The second kappa shape index (κ2) is 10.8. The molecule has 0 unspecified atom stereocenters. The number of aromatic nitrogens is 3. The van der Waals surface area contributed by atoms with Gasteiger partial charge in [0.1, 0.15) is 12.4 Å². The van der Waals surface area contributed by atoms with Crippen molar-refractivity contribution in [3.63, 3.8) is 0 Å². The molecule has 1 heterocycles. The van der Waals surface area contributed by atoms with E-state index < -0.39 is 0 Å². The van der Waals surface area contributed by atoms with Gasteiger partial charge in [0.25, 0.3) is 0 Å². The number of hydrazone groups is 1. The highest BCUT2D eigenvalue weighted by molar-refractivity contribution is 7.99. The Morgan fingerprint density at radius 2 is 2.10 bits per heavy atom. The number of carbonyl (C=O) groups excluding carboxylic acids is 1.